The van der Waals surface area contributed by atoms with Crippen LogP contribution in [0.25, 0.3) is 0 Å². The monoisotopic (exact) mass is 344 g/mol. The lowest BCUT2D eigenvalue weighted by Gasteiger charge is -2.36. The Balaban J connectivity index is 1.66. The molecule has 1 fully saturated rings. The third-order valence-corrected chi connectivity index (χ3v) is 5.13. The van der Waals surface area contributed by atoms with E-state index in [1.54, 1.807) is 23.9 Å². The van der Waals surface area contributed by atoms with E-state index in [9.17, 15) is 9.18 Å². The quantitative estimate of drug-likeness (QED) is 0.786. The molecular formula is C19H21FN2OS. The van der Waals surface area contributed by atoms with Crippen LogP contribution < -0.4 is 4.90 Å². The molecule has 0 aliphatic carbocycles. The normalized spacial score (nSPS) is 14.8. The maximum Gasteiger partial charge on any atom is 0.255 e. The van der Waals surface area contributed by atoms with Crippen molar-refractivity contribution in [3.05, 3.63) is 59.9 Å². The number of nitrogens with zero attached hydrogens (tertiary/aromatic N) is 2. The van der Waals surface area contributed by atoms with Crippen molar-refractivity contribution in [2.24, 2.45) is 0 Å². The predicted octanol–water partition coefficient (Wildman–Crippen LogP) is 3.90. The van der Waals surface area contributed by atoms with Gasteiger partial charge in [-0.3, -0.25) is 4.79 Å². The van der Waals surface area contributed by atoms with Crippen molar-refractivity contribution in [2.45, 2.75) is 11.8 Å². The molecule has 0 spiro atoms. The highest BCUT2D eigenvalue weighted by molar-refractivity contribution is 7.99. The van der Waals surface area contributed by atoms with Crippen molar-refractivity contribution >= 4 is 23.4 Å². The van der Waals surface area contributed by atoms with E-state index in [1.807, 2.05) is 29.2 Å². The van der Waals surface area contributed by atoms with Crippen molar-refractivity contribution in [3.8, 4) is 0 Å². The molecule has 0 saturated carbocycles. The summed E-state index contributed by atoms with van der Waals surface area (Å²) in [6.07, 6.45) is 0. The SMILES string of the molecule is CCSc1ccccc1C(=O)N1CCN(c2ccc(F)cc2)CC1. The summed E-state index contributed by atoms with van der Waals surface area (Å²) >= 11 is 1.70. The number of carbonyl (C=O) groups is 1. The Hall–Kier alpha value is -2.01. The molecular weight excluding hydrogens is 323 g/mol. The van der Waals surface area contributed by atoms with E-state index in [-0.39, 0.29) is 11.7 Å². The van der Waals surface area contributed by atoms with Crippen molar-refractivity contribution < 1.29 is 9.18 Å². The van der Waals surface area contributed by atoms with Gasteiger partial charge >= 0.3 is 0 Å². The average Bonchev–Trinajstić information content (AvgIpc) is 2.63. The molecule has 3 rings (SSSR count). The van der Waals surface area contributed by atoms with Crippen molar-refractivity contribution in [1.82, 2.24) is 4.90 Å². The fraction of sp³-hybridized carbons (Fsp3) is 0.316. The van der Waals surface area contributed by atoms with Crippen LogP contribution in [0.3, 0.4) is 0 Å². The Bertz CT molecular complexity index is 697. The van der Waals surface area contributed by atoms with Crippen LogP contribution in [0.1, 0.15) is 17.3 Å². The molecule has 3 nitrogen and oxygen atoms in total. The van der Waals surface area contributed by atoms with E-state index in [4.69, 9.17) is 0 Å². The van der Waals surface area contributed by atoms with Gasteiger partial charge in [0.2, 0.25) is 0 Å². The zero-order valence-electron chi connectivity index (χ0n) is 13.7. The van der Waals surface area contributed by atoms with E-state index in [1.165, 1.54) is 12.1 Å². The Morgan fingerprint density at radius 1 is 1.04 bits per heavy atom. The number of anilines is 1. The molecule has 24 heavy (non-hydrogen) atoms. The van der Waals surface area contributed by atoms with E-state index in [0.29, 0.717) is 13.1 Å². The number of benzene rings is 2. The van der Waals surface area contributed by atoms with Gasteiger partial charge in [-0.1, -0.05) is 19.1 Å². The highest BCUT2D eigenvalue weighted by Gasteiger charge is 2.23. The molecule has 2 aromatic carbocycles. The van der Waals surface area contributed by atoms with Crippen LogP contribution in [0.15, 0.2) is 53.4 Å². The second-order valence-electron chi connectivity index (χ2n) is 5.68. The number of hydrogen-bond acceptors (Lipinski definition) is 3. The van der Waals surface area contributed by atoms with Gasteiger partial charge in [0.25, 0.3) is 5.91 Å². The summed E-state index contributed by atoms with van der Waals surface area (Å²) in [6, 6.07) is 14.3. The number of piperazine rings is 1. The summed E-state index contributed by atoms with van der Waals surface area (Å²) in [7, 11) is 0. The molecule has 1 saturated heterocycles. The molecule has 1 heterocycles. The minimum absolute atomic E-state index is 0.102. The molecule has 0 aromatic heterocycles. The smallest absolute Gasteiger partial charge is 0.255 e. The van der Waals surface area contributed by atoms with Gasteiger partial charge in [-0.25, -0.2) is 4.39 Å². The molecule has 5 heteroatoms. The first-order chi connectivity index (χ1) is 11.7. The topological polar surface area (TPSA) is 23.6 Å². The molecule has 0 N–H and O–H groups in total. The molecule has 1 aliphatic rings. The van der Waals surface area contributed by atoms with Crippen LogP contribution >= 0.6 is 11.8 Å². The number of thioether (sulfide) groups is 1. The van der Waals surface area contributed by atoms with Gasteiger partial charge in [0.05, 0.1) is 5.56 Å². The minimum atomic E-state index is -0.224. The van der Waals surface area contributed by atoms with Crippen molar-refractivity contribution in [2.75, 3.05) is 36.8 Å². The average molecular weight is 344 g/mol. The highest BCUT2D eigenvalue weighted by Crippen LogP contribution is 2.24. The van der Waals surface area contributed by atoms with Crippen LogP contribution in [0.5, 0.6) is 0 Å². The molecule has 1 aliphatic heterocycles. The number of halogens is 1. The molecule has 126 valence electrons. The van der Waals surface area contributed by atoms with E-state index < -0.39 is 0 Å². The van der Waals surface area contributed by atoms with Gasteiger partial charge in [0.15, 0.2) is 0 Å². The van der Waals surface area contributed by atoms with Crippen molar-refractivity contribution in [1.29, 1.82) is 0 Å². The lowest BCUT2D eigenvalue weighted by molar-refractivity contribution is 0.0743. The van der Waals surface area contributed by atoms with Crippen LogP contribution in [0.2, 0.25) is 0 Å². The lowest BCUT2D eigenvalue weighted by atomic mass is 10.1. The van der Waals surface area contributed by atoms with E-state index in [0.717, 1.165) is 35.0 Å². The fourth-order valence-electron chi connectivity index (χ4n) is 2.91. The third kappa shape index (κ3) is 3.73. The summed E-state index contributed by atoms with van der Waals surface area (Å²) in [6.45, 7) is 4.98. The van der Waals surface area contributed by atoms with Crippen LogP contribution in [-0.4, -0.2) is 42.7 Å². The summed E-state index contributed by atoms with van der Waals surface area (Å²) in [5.41, 5.74) is 1.80. The van der Waals surface area contributed by atoms with Gasteiger partial charge in [-0.05, 0) is 42.2 Å². The Labute approximate surface area is 146 Å². The number of carbonyl (C=O) groups excluding carboxylic acids is 1. The Kier molecular flexibility index (Phi) is 5.41. The standard InChI is InChI=1S/C19H21FN2OS/c1-2-24-18-6-4-3-5-17(18)19(23)22-13-11-21(12-14-22)16-9-7-15(20)8-10-16/h3-10H,2,11-14H2,1H3. The number of rotatable bonds is 4. The first-order valence-corrected chi connectivity index (χ1v) is 9.19. The van der Waals surface area contributed by atoms with E-state index >= 15 is 0 Å². The summed E-state index contributed by atoms with van der Waals surface area (Å²) in [4.78, 5) is 18.0. The first kappa shape index (κ1) is 16.8. The molecule has 0 atom stereocenters. The summed E-state index contributed by atoms with van der Waals surface area (Å²) in [5, 5.41) is 0. The molecule has 0 radical (unpaired) electrons. The van der Waals surface area contributed by atoms with Gasteiger partial charge in [-0.15, -0.1) is 11.8 Å². The minimum Gasteiger partial charge on any atom is -0.368 e. The first-order valence-electron chi connectivity index (χ1n) is 8.20. The van der Waals surface area contributed by atoms with Crippen LogP contribution in [0.4, 0.5) is 10.1 Å². The molecule has 1 amide bonds. The zero-order valence-corrected chi connectivity index (χ0v) is 14.6. The third-order valence-electron chi connectivity index (χ3n) is 4.18. The second kappa shape index (κ2) is 7.71. The van der Waals surface area contributed by atoms with Crippen LogP contribution in [0, 0.1) is 5.82 Å². The Morgan fingerprint density at radius 2 is 1.71 bits per heavy atom. The highest BCUT2D eigenvalue weighted by atomic mass is 32.2. The summed E-state index contributed by atoms with van der Waals surface area (Å²) in [5.74, 6) is 0.825. The van der Waals surface area contributed by atoms with Gasteiger partial charge in [0.1, 0.15) is 5.82 Å². The molecule has 2 aromatic rings. The number of amides is 1. The summed E-state index contributed by atoms with van der Waals surface area (Å²) < 4.78 is 13.0. The second-order valence-corrected chi connectivity index (χ2v) is 6.99. The maximum absolute atomic E-state index is 13.0. The fourth-order valence-corrected chi connectivity index (χ4v) is 3.71. The molecule has 0 bridgehead atoms. The predicted molar refractivity (Wildman–Crippen MR) is 97.4 cm³/mol. The lowest BCUT2D eigenvalue weighted by Crippen LogP contribution is -2.48. The largest absolute Gasteiger partial charge is 0.368 e. The number of hydrogen-bond donors (Lipinski definition) is 0. The maximum atomic E-state index is 13.0. The zero-order chi connectivity index (χ0) is 16.9. The van der Waals surface area contributed by atoms with Crippen molar-refractivity contribution in [3.63, 3.8) is 0 Å². The molecule has 0 unspecified atom stereocenters. The van der Waals surface area contributed by atoms with Crippen LogP contribution in [-0.2, 0) is 0 Å². The van der Waals surface area contributed by atoms with Gasteiger partial charge in [-0.2, -0.15) is 0 Å². The van der Waals surface area contributed by atoms with Gasteiger partial charge < -0.3 is 9.80 Å². The van der Waals surface area contributed by atoms with E-state index in [2.05, 4.69) is 11.8 Å². The van der Waals surface area contributed by atoms with Gasteiger partial charge in [0, 0.05) is 36.8 Å². The Morgan fingerprint density at radius 3 is 2.38 bits per heavy atom.